The second-order valence-corrected chi connectivity index (χ2v) is 11.4. The van der Waals surface area contributed by atoms with Crippen LogP contribution in [-0.2, 0) is 0 Å². The summed E-state index contributed by atoms with van der Waals surface area (Å²) in [4.78, 5) is 33.7. The maximum absolute atomic E-state index is 15.3. The van der Waals surface area contributed by atoms with E-state index < -0.39 is 5.82 Å². The van der Waals surface area contributed by atoms with Gasteiger partial charge in [0.25, 0.3) is 5.91 Å². The van der Waals surface area contributed by atoms with Crippen molar-refractivity contribution in [3.63, 3.8) is 0 Å². The molecule has 6 aromatic rings. The molecular weight excluding hydrogens is 543 g/mol. The van der Waals surface area contributed by atoms with Crippen LogP contribution in [0.4, 0.5) is 4.39 Å². The number of hydrogen-bond donors (Lipinski definition) is 1. The Hall–Kier alpha value is -4.96. The zero-order chi connectivity index (χ0) is 28.9. The first-order valence-corrected chi connectivity index (χ1v) is 14.6. The van der Waals surface area contributed by atoms with Gasteiger partial charge in [-0.3, -0.25) is 19.4 Å². The monoisotopic (exact) mass is 572 g/mol. The lowest BCUT2D eigenvalue weighted by Crippen LogP contribution is -2.56. The summed E-state index contributed by atoms with van der Waals surface area (Å²) >= 11 is 0. The molecule has 2 aliphatic rings. The molecule has 0 spiro atoms. The van der Waals surface area contributed by atoms with Gasteiger partial charge in [-0.05, 0) is 48.1 Å². The number of pyridine rings is 1. The van der Waals surface area contributed by atoms with Crippen molar-refractivity contribution in [1.82, 2.24) is 39.5 Å². The Labute approximate surface area is 247 Å². The lowest BCUT2D eigenvalue weighted by molar-refractivity contribution is 0.0198. The van der Waals surface area contributed by atoms with Crippen molar-refractivity contribution in [1.29, 1.82) is 0 Å². The molecule has 2 aliphatic heterocycles. The molecule has 9 nitrogen and oxygen atoms in total. The quantitative estimate of drug-likeness (QED) is 0.300. The van der Waals surface area contributed by atoms with Gasteiger partial charge in [0, 0.05) is 84.5 Å². The molecule has 2 saturated heterocycles. The highest BCUT2D eigenvalue weighted by atomic mass is 19.1. The van der Waals surface area contributed by atoms with Gasteiger partial charge in [-0.25, -0.2) is 14.4 Å². The fourth-order valence-corrected chi connectivity index (χ4v) is 6.56. The van der Waals surface area contributed by atoms with Gasteiger partial charge in [-0.15, -0.1) is 0 Å². The van der Waals surface area contributed by atoms with Crippen molar-refractivity contribution < 1.29 is 9.18 Å². The summed E-state index contributed by atoms with van der Waals surface area (Å²) in [6.07, 6.45) is 12.7. The number of carbonyl (C=O) groups is 1. The highest BCUT2D eigenvalue weighted by Gasteiger charge is 2.36. The number of carbonyl (C=O) groups excluding carboxylic acids is 1. The van der Waals surface area contributed by atoms with Crippen LogP contribution < -0.4 is 0 Å². The molecule has 0 atom stereocenters. The van der Waals surface area contributed by atoms with Crippen LogP contribution in [0.3, 0.4) is 0 Å². The Balaban J connectivity index is 0.885. The van der Waals surface area contributed by atoms with Crippen LogP contribution in [0.1, 0.15) is 29.2 Å². The van der Waals surface area contributed by atoms with E-state index in [9.17, 15) is 4.79 Å². The standard InChI is InChI=1S/C33H29FN8O/c34-30-14-21(4-5-28(30)27-3-1-2-22-15-35-10-6-26(22)27)33(43)40-12-8-24(9-13-40)41-18-25(19-41)42-17-23(16-39-42)31-29-7-11-36-32(29)38-20-37-31/h1-7,10-11,14-17,20,24-25H,8-9,12-13,18-19H2,(H,36,37,38). The lowest BCUT2D eigenvalue weighted by Gasteiger charge is -2.47. The number of nitrogens with one attached hydrogen (secondary N) is 1. The van der Waals surface area contributed by atoms with E-state index in [4.69, 9.17) is 0 Å². The third-order valence-corrected chi connectivity index (χ3v) is 8.95. The molecule has 0 saturated carbocycles. The van der Waals surface area contributed by atoms with Crippen LogP contribution in [0.5, 0.6) is 0 Å². The lowest BCUT2D eigenvalue weighted by atomic mass is 9.96. The number of nitrogens with zero attached hydrogens (tertiary/aromatic N) is 7. The molecule has 0 unspecified atom stereocenters. The van der Waals surface area contributed by atoms with Crippen LogP contribution >= 0.6 is 0 Å². The Morgan fingerprint density at radius 2 is 1.81 bits per heavy atom. The predicted octanol–water partition coefficient (Wildman–Crippen LogP) is 5.34. The smallest absolute Gasteiger partial charge is 0.253 e. The second-order valence-electron chi connectivity index (χ2n) is 11.4. The van der Waals surface area contributed by atoms with Crippen LogP contribution in [0.25, 0.3) is 44.2 Å². The Morgan fingerprint density at radius 3 is 2.67 bits per heavy atom. The predicted molar refractivity (Wildman–Crippen MR) is 162 cm³/mol. The number of rotatable bonds is 5. The average molecular weight is 573 g/mol. The van der Waals surface area contributed by atoms with Crippen LogP contribution in [0, 0.1) is 5.82 Å². The molecule has 214 valence electrons. The molecule has 10 heteroatoms. The molecule has 6 heterocycles. The minimum atomic E-state index is -0.393. The highest BCUT2D eigenvalue weighted by Crippen LogP contribution is 2.33. The van der Waals surface area contributed by atoms with Gasteiger partial charge < -0.3 is 9.88 Å². The molecular formula is C33H29FN8O. The second kappa shape index (κ2) is 10.4. The molecule has 0 radical (unpaired) electrons. The topological polar surface area (TPSA) is 95.8 Å². The van der Waals surface area contributed by atoms with Gasteiger partial charge in [-0.1, -0.05) is 24.3 Å². The van der Waals surface area contributed by atoms with E-state index in [0.29, 0.717) is 36.3 Å². The molecule has 0 aliphatic carbocycles. The maximum atomic E-state index is 15.3. The van der Waals surface area contributed by atoms with Crippen molar-refractivity contribution in [2.75, 3.05) is 26.2 Å². The SMILES string of the molecule is O=C(c1ccc(-c2cccc3cnccc23)c(F)c1)N1CCC(N2CC(n3cc(-c4ncnc5[nH]ccc45)cn3)C2)CC1. The first kappa shape index (κ1) is 25.7. The third-order valence-electron chi connectivity index (χ3n) is 8.95. The van der Waals surface area contributed by atoms with Crippen molar-refractivity contribution >= 4 is 27.7 Å². The van der Waals surface area contributed by atoms with Gasteiger partial charge in [0.1, 0.15) is 17.8 Å². The Morgan fingerprint density at radius 1 is 0.930 bits per heavy atom. The first-order valence-electron chi connectivity index (χ1n) is 14.6. The van der Waals surface area contributed by atoms with Crippen molar-refractivity contribution in [3.8, 4) is 22.4 Å². The van der Waals surface area contributed by atoms with Crippen molar-refractivity contribution in [3.05, 3.63) is 97.2 Å². The number of halogens is 1. The molecule has 0 bridgehead atoms. The van der Waals surface area contributed by atoms with Crippen LogP contribution in [0.15, 0.2) is 85.8 Å². The normalized spacial score (nSPS) is 16.6. The molecule has 43 heavy (non-hydrogen) atoms. The number of amides is 1. The number of piperidine rings is 1. The summed E-state index contributed by atoms with van der Waals surface area (Å²) < 4.78 is 17.4. The fraction of sp³-hybridized carbons (Fsp3) is 0.242. The minimum absolute atomic E-state index is 0.113. The van der Waals surface area contributed by atoms with E-state index in [-0.39, 0.29) is 5.91 Å². The summed E-state index contributed by atoms with van der Waals surface area (Å²) in [5.74, 6) is -0.506. The fourth-order valence-electron chi connectivity index (χ4n) is 6.56. The van der Waals surface area contributed by atoms with Crippen molar-refractivity contribution in [2.45, 2.75) is 24.9 Å². The van der Waals surface area contributed by atoms with E-state index in [1.165, 1.54) is 6.07 Å². The molecule has 2 fully saturated rings. The van der Waals surface area contributed by atoms with Gasteiger partial charge in [-0.2, -0.15) is 5.10 Å². The van der Waals surface area contributed by atoms with Crippen LogP contribution in [-0.4, -0.2) is 77.6 Å². The van der Waals surface area contributed by atoms with E-state index in [1.54, 1.807) is 30.9 Å². The maximum Gasteiger partial charge on any atom is 0.253 e. The zero-order valence-electron chi connectivity index (χ0n) is 23.4. The average Bonchev–Trinajstić information content (AvgIpc) is 3.71. The van der Waals surface area contributed by atoms with E-state index in [1.807, 2.05) is 52.3 Å². The molecule has 8 rings (SSSR count). The molecule has 1 N–H and O–H groups in total. The molecule has 2 aromatic carbocycles. The largest absolute Gasteiger partial charge is 0.346 e. The number of aromatic nitrogens is 6. The first-order chi connectivity index (χ1) is 21.1. The van der Waals surface area contributed by atoms with E-state index >= 15 is 4.39 Å². The minimum Gasteiger partial charge on any atom is -0.346 e. The van der Waals surface area contributed by atoms with E-state index in [2.05, 4.69) is 36.1 Å². The van der Waals surface area contributed by atoms with E-state index in [0.717, 1.165) is 64.6 Å². The summed E-state index contributed by atoms with van der Waals surface area (Å²) in [7, 11) is 0. The highest BCUT2D eigenvalue weighted by molar-refractivity contribution is 5.98. The Bertz CT molecular complexity index is 1960. The molecule has 4 aromatic heterocycles. The van der Waals surface area contributed by atoms with Gasteiger partial charge >= 0.3 is 0 Å². The zero-order valence-corrected chi connectivity index (χ0v) is 23.4. The van der Waals surface area contributed by atoms with Gasteiger partial charge in [0.2, 0.25) is 0 Å². The summed E-state index contributed by atoms with van der Waals surface area (Å²) in [5.41, 5.74) is 4.35. The van der Waals surface area contributed by atoms with Crippen LogP contribution in [0.2, 0.25) is 0 Å². The Kier molecular flexibility index (Phi) is 6.22. The number of hydrogen-bond acceptors (Lipinski definition) is 6. The number of aromatic amines is 1. The number of fused-ring (bicyclic) bond motifs is 2. The summed E-state index contributed by atoms with van der Waals surface area (Å²) in [6, 6.07) is 15.2. The summed E-state index contributed by atoms with van der Waals surface area (Å²) in [6.45, 7) is 3.19. The number of benzene rings is 2. The summed E-state index contributed by atoms with van der Waals surface area (Å²) in [5, 5.41) is 7.50. The van der Waals surface area contributed by atoms with Gasteiger partial charge in [0.05, 0.1) is 17.9 Å². The number of H-pyrrole nitrogens is 1. The molecule has 1 amide bonds. The third kappa shape index (κ3) is 4.54. The van der Waals surface area contributed by atoms with Gasteiger partial charge in [0.15, 0.2) is 0 Å². The number of likely N-dealkylation sites (tertiary alicyclic amines) is 2. The van der Waals surface area contributed by atoms with Crippen molar-refractivity contribution in [2.24, 2.45) is 0 Å².